The number of fused-ring (bicyclic) bond motifs is 2. The van der Waals surface area contributed by atoms with Gasteiger partial charge in [-0.15, -0.1) is 5.92 Å². The summed E-state index contributed by atoms with van der Waals surface area (Å²) in [7, 11) is 0. The van der Waals surface area contributed by atoms with Gasteiger partial charge in [0.25, 0.3) is 0 Å². The first kappa shape index (κ1) is 10.6. The summed E-state index contributed by atoms with van der Waals surface area (Å²) >= 11 is 0. The van der Waals surface area contributed by atoms with Crippen LogP contribution in [-0.4, -0.2) is 25.3 Å². The van der Waals surface area contributed by atoms with Crippen LogP contribution in [0.4, 0.5) is 0 Å². The first-order valence-corrected chi connectivity index (χ1v) is 6.63. The summed E-state index contributed by atoms with van der Waals surface area (Å²) in [6.45, 7) is 3.75. The van der Waals surface area contributed by atoms with Gasteiger partial charge in [-0.3, -0.25) is 0 Å². The lowest BCUT2D eigenvalue weighted by atomic mass is 9.54. The fourth-order valence-electron chi connectivity index (χ4n) is 4.26. The summed E-state index contributed by atoms with van der Waals surface area (Å²) in [6.07, 6.45) is 7.34. The third-order valence-corrected chi connectivity index (χ3v) is 4.87. The fourth-order valence-corrected chi connectivity index (χ4v) is 4.26. The maximum Gasteiger partial charge on any atom is 0.0690 e. The van der Waals surface area contributed by atoms with Crippen molar-refractivity contribution < 1.29 is 4.74 Å². The van der Waals surface area contributed by atoms with Crippen LogP contribution in [0.1, 0.15) is 39.0 Å². The molecule has 1 heterocycles. The highest BCUT2D eigenvalue weighted by Gasteiger charge is 2.64. The molecule has 1 spiro atoms. The van der Waals surface area contributed by atoms with Crippen molar-refractivity contribution in [3.8, 4) is 11.8 Å². The molecule has 3 aliphatic rings. The molecule has 3 atom stereocenters. The summed E-state index contributed by atoms with van der Waals surface area (Å²) in [5, 5.41) is 3.67. The van der Waals surface area contributed by atoms with Crippen LogP contribution in [0.25, 0.3) is 0 Å². The smallest absolute Gasteiger partial charge is 0.0690 e. The lowest BCUT2D eigenvalue weighted by Gasteiger charge is -2.57. The summed E-state index contributed by atoms with van der Waals surface area (Å²) in [6, 6.07) is 0.684. The van der Waals surface area contributed by atoms with Gasteiger partial charge in [0.1, 0.15) is 0 Å². The molecule has 16 heavy (non-hydrogen) atoms. The second-order valence-corrected chi connectivity index (χ2v) is 5.47. The Labute approximate surface area is 98.1 Å². The van der Waals surface area contributed by atoms with Crippen molar-refractivity contribution in [1.82, 2.24) is 5.32 Å². The van der Waals surface area contributed by atoms with Gasteiger partial charge >= 0.3 is 0 Å². The molecule has 2 aliphatic carbocycles. The Morgan fingerprint density at radius 3 is 2.94 bits per heavy atom. The lowest BCUT2D eigenvalue weighted by Crippen LogP contribution is -2.67. The first-order chi connectivity index (χ1) is 7.88. The SMILES string of the molecule is CC#CCNC1C2CCOC2C12CCCC2. The molecule has 2 heteroatoms. The molecule has 2 saturated carbocycles. The van der Waals surface area contributed by atoms with E-state index in [0.717, 1.165) is 19.1 Å². The summed E-state index contributed by atoms with van der Waals surface area (Å²) in [4.78, 5) is 0. The maximum atomic E-state index is 5.95. The van der Waals surface area contributed by atoms with Crippen LogP contribution >= 0.6 is 0 Å². The molecular formula is C14H21NO. The molecule has 0 aromatic rings. The minimum Gasteiger partial charge on any atom is -0.377 e. The Balaban J connectivity index is 1.71. The van der Waals surface area contributed by atoms with Gasteiger partial charge in [-0.2, -0.15) is 0 Å². The van der Waals surface area contributed by atoms with E-state index in [0.29, 0.717) is 17.6 Å². The third-order valence-electron chi connectivity index (χ3n) is 4.87. The monoisotopic (exact) mass is 219 g/mol. The molecular weight excluding hydrogens is 198 g/mol. The van der Waals surface area contributed by atoms with Crippen LogP contribution in [0, 0.1) is 23.2 Å². The normalized spacial score (nSPS) is 38.9. The Hall–Kier alpha value is -0.520. The lowest BCUT2D eigenvalue weighted by molar-refractivity contribution is -0.129. The van der Waals surface area contributed by atoms with E-state index in [9.17, 15) is 0 Å². The number of nitrogens with one attached hydrogen (secondary N) is 1. The van der Waals surface area contributed by atoms with Gasteiger partial charge in [-0.1, -0.05) is 18.8 Å². The highest BCUT2D eigenvalue weighted by Crippen LogP contribution is 2.60. The summed E-state index contributed by atoms with van der Waals surface area (Å²) in [5.74, 6) is 6.87. The van der Waals surface area contributed by atoms with E-state index in [1.807, 2.05) is 6.92 Å². The second kappa shape index (κ2) is 4.05. The number of rotatable bonds is 2. The van der Waals surface area contributed by atoms with E-state index >= 15 is 0 Å². The van der Waals surface area contributed by atoms with Gasteiger partial charge in [0, 0.05) is 24.0 Å². The molecule has 3 fully saturated rings. The van der Waals surface area contributed by atoms with Crippen molar-refractivity contribution in [2.24, 2.45) is 11.3 Å². The molecule has 0 bridgehead atoms. The van der Waals surface area contributed by atoms with Crippen LogP contribution < -0.4 is 5.32 Å². The van der Waals surface area contributed by atoms with Crippen LogP contribution in [0.2, 0.25) is 0 Å². The van der Waals surface area contributed by atoms with Gasteiger partial charge in [0.15, 0.2) is 0 Å². The molecule has 2 nitrogen and oxygen atoms in total. The molecule has 0 aromatic heterocycles. The number of hydrogen-bond donors (Lipinski definition) is 1. The van der Waals surface area contributed by atoms with E-state index in [1.54, 1.807) is 0 Å². The quantitative estimate of drug-likeness (QED) is 0.717. The van der Waals surface area contributed by atoms with Gasteiger partial charge in [0.05, 0.1) is 12.6 Å². The Morgan fingerprint density at radius 2 is 2.19 bits per heavy atom. The summed E-state index contributed by atoms with van der Waals surface area (Å²) in [5.41, 5.74) is 0.483. The Morgan fingerprint density at radius 1 is 1.38 bits per heavy atom. The topological polar surface area (TPSA) is 21.3 Å². The highest BCUT2D eigenvalue weighted by atomic mass is 16.5. The zero-order valence-electron chi connectivity index (χ0n) is 10.1. The van der Waals surface area contributed by atoms with Crippen molar-refractivity contribution in [2.75, 3.05) is 13.2 Å². The van der Waals surface area contributed by atoms with E-state index in [2.05, 4.69) is 17.2 Å². The van der Waals surface area contributed by atoms with Crippen LogP contribution in [-0.2, 0) is 4.74 Å². The van der Waals surface area contributed by atoms with Crippen LogP contribution in [0.5, 0.6) is 0 Å². The minimum absolute atomic E-state index is 0.483. The molecule has 88 valence electrons. The number of hydrogen-bond acceptors (Lipinski definition) is 2. The van der Waals surface area contributed by atoms with E-state index in [1.165, 1.54) is 32.1 Å². The third kappa shape index (κ3) is 1.35. The van der Waals surface area contributed by atoms with Crippen molar-refractivity contribution >= 4 is 0 Å². The molecule has 1 saturated heterocycles. The van der Waals surface area contributed by atoms with Crippen molar-refractivity contribution in [3.05, 3.63) is 0 Å². The molecule has 0 radical (unpaired) electrons. The van der Waals surface area contributed by atoms with Crippen LogP contribution in [0.3, 0.4) is 0 Å². The van der Waals surface area contributed by atoms with Crippen LogP contribution in [0.15, 0.2) is 0 Å². The fraction of sp³-hybridized carbons (Fsp3) is 0.857. The second-order valence-electron chi connectivity index (χ2n) is 5.47. The molecule has 3 rings (SSSR count). The Kier molecular flexibility index (Phi) is 2.69. The van der Waals surface area contributed by atoms with Gasteiger partial charge in [-0.05, 0) is 26.2 Å². The van der Waals surface area contributed by atoms with E-state index in [-0.39, 0.29) is 0 Å². The highest BCUT2D eigenvalue weighted by molar-refractivity contribution is 5.17. The zero-order valence-corrected chi connectivity index (χ0v) is 10.1. The van der Waals surface area contributed by atoms with Crippen molar-refractivity contribution in [2.45, 2.75) is 51.2 Å². The van der Waals surface area contributed by atoms with Gasteiger partial charge in [-0.25, -0.2) is 0 Å². The molecule has 1 N–H and O–H groups in total. The Bertz CT molecular complexity index is 321. The zero-order chi connectivity index (χ0) is 11.0. The van der Waals surface area contributed by atoms with E-state index in [4.69, 9.17) is 4.74 Å². The summed E-state index contributed by atoms with van der Waals surface area (Å²) < 4.78 is 5.95. The minimum atomic E-state index is 0.483. The largest absolute Gasteiger partial charge is 0.377 e. The maximum absolute atomic E-state index is 5.95. The molecule has 0 amide bonds. The standard InChI is InChI=1S/C14H21NO/c1-2-3-9-15-12-11-6-10-16-13(11)14(12)7-4-5-8-14/h11-13,15H,4-10H2,1H3. The molecule has 3 unspecified atom stereocenters. The average Bonchev–Trinajstić information content (AvgIpc) is 2.91. The molecule has 1 aliphatic heterocycles. The molecule has 0 aromatic carbocycles. The predicted octanol–water partition coefficient (Wildman–Crippen LogP) is 1.95. The number of ether oxygens (including phenoxy) is 1. The van der Waals surface area contributed by atoms with Crippen molar-refractivity contribution in [3.63, 3.8) is 0 Å². The van der Waals surface area contributed by atoms with Gasteiger partial charge in [0.2, 0.25) is 0 Å². The van der Waals surface area contributed by atoms with Gasteiger partial charge < -0.3 is 10.1 Å². The van der Waals surface area contributed by atoms with E-state index < -0.39 is 0 Å². The predicted molar refractivity (Wildman–Crippen MR) is 64.0 cm³/mol. The first-order valence-electron chi connectivity index (χ1n) is 6.63. The average molecular weight is 219 g/mol. The van der Waals surface area contributed by atoms with Crippen molar-refractivity contribution in [1.29, 1.82) is 0 Å².